The average molecular weight is 407 g/mol. The Kier molecular flexibility index (Phi) is 5.11. The molecule has 1 amide bonds. The standard InChI is InChI=1S/C23H21NO4S/c1-17-11-13-20(14-12-17)29(26,27)24-16-18(15-23(24)25)21-9-5-6-10-22(21)28-19-7-3-2-4-8-19/h2-14,18H,15-16H2,1H3/t18-/m0/s1. The summed E-state index contributed by atoms with van der Waals surface area (Å²) in [6, 6.07) is 23.4. The first kappa shape index (κ1) is 19.2. The molecule has 5 nitrogen and oxygen atoms in total. The predicted molar refractivity (Wildman–Crippen MR) is 110 cm³/mol. The minimum Gasteiger partial charge on any atom is -0.457 e. The maximum Gasteiger partial charge on any atom is 0.266 e. The molecule has 148 valence electrons. The van der Waals surface area contributed by atoms with E-state index in [-0.39, 0.29) is 23.8 Å². The van der Waals surface area contributed by atoms with Gasteiger partial charge in [0.2, 0.25) is 5.91 Å². The second kappa shape index (κ2) is 7.72. The lowest BCUT2D eigenvalue weighted by Crippen LogP contribution is -2.32. The molecule has 1 fully saturated rings. The van der Waals surface area contributed by atoms with Gasteiger partial charge in [-0.2, -0.15) is 0 Å². The minimum atomic E-state index is -3.87. The number of carbonyl (C=O) groups excluding carboxylic acids is 1. The molecule has 0 aliphatic carbocycles. The van der Waals surface area contributed by atoms with Gasteiger partial charge in [-0.3, -0.25) is 4.79 Å². The molecule has 0 radical (unpaired) electrons. The molecule has 3 aromatic carbocycles. The summed E-state index contributed by atoms with van der Waals surface area (Å²) in [5, 5.41) is 0. The van der Waals surface area contributed by atoms with Crippen molar-refractivity contribution in [2.24, 2.45) is 0 Å². The summed E-state index contributed by atoms with van der Waals surface area (Å²) in [5.41, 5.74) is 1.79. The van der Waals surface area contributed by atoms with E-state index < -0.39 is 15.9 Å². The van der Waals surface area contributed by atoms with Gasteiger partial charge in [-0.25, -0.2) is 12.7 Å². The molecule has 0 unspecified atom stereocenters. The fraction of sp³-hybridized carbons (Fsp3) is 0.174. The van der Waals surface area contributed by atoms with E-state index in [2.05, 4.69) is 0 Å². The SMILES string of the molecule is Cc1ccc(S(=O)(=O)N2C[C@@H](c3ccccc3Oc3ccccc3)CC2=O)cc1. The van der Waals surface area contributed by atoms with Crippen LogP contribution in [-0.4, -0.2) is 25.2 Å². The van der Waals surface area contributed by atoms with Crippen LogP contribution in [0.15, 0.2) is 83.8 Å². The fourth-order valence-electron chi connectivity index (χ4n) is 3.48. The number of hydrogen-bond acceptors (Lipinski definition) is 4. The van der Waals surface area contributed by atoms with Gasteiger partial charge < -0.3 is 4.74 Å². The summed E-state index contributed by atoms with van der Waals surface area (Å²) in [7, 11) is -3.87. The van der Waals surface area contributed by atoms with Crippen LogP contribution in [0.5, 0.6) is 11.5 Å². The Labute approximate surface area is 170 Å². The quantitative estimate of drug-likeness (QED) is 0.625. The Balaban J connectivity index is 1.61. The van der Waals surface area contributed by atoms with Crippen molar-refractivity contribution < 1.29 is 17.9 Å². The summed E-state index contributed by atoms with van der Waals surface area (Å²) in [5.74, 6) is 0.659. The fourth-order valence-corrected chi connectivity index (χ4v) is 4.94. The highest BCUT2D eigenvalue weighted by Crippen LogP contribution is 2.38. The van der Waals surface area contributed by atoms with Gasteiger partial charge in [-0.05, 0) is 37.3 Å². The van der Waals surface area contributed by atoms with E-state index in [1.807, 2.05) is 61.5 Å². The zero-order valence-corrected chi connectivity index (χ0v) is 16.8. The molecular formula is C23H21NO4S. The van der Waals surface area contributed by atoms with Crippen LogP contribution >= 0.6 is 0 Å². The lowest BCUT2D eigenvalue weighted by molar-refractivity contribution is -0.123. The van der Waals surface area contributed by atoms with Crippen molar-refractivity contribution in [1.82, 2.24) is 4.31 Å². The zero-order chi connectivity index (χ0) is 20.4. The Morgan fingerprint density at radius 3 is 2.28 bits per heavy atom. The molecule has 0 N–H and O–H groups in total. The third-order valence-corrected chi connectivity index (χ3v) is 6.83. The van der Waals surface area contributed by atoms with E-state index in [0.717, 1.165) is 15.4 Å². The van der Waals surface area contributed by atoms with E-state index >= 15 is 0 Å². The van der Waals surface area contributed by atoms with Crippen molar-refractivity contribution in [2.75, 3.05) is 6.54 Å². The number of rotatable bonds is 5. The van der Waals surface area contributed by atoms with Crippen molar-refractivity contribution >= 4 is 15.9 Å². The highest BCUT2D eigenvalue weighted by Gasteiger charge is 2.39. The summed E-state index contributed by atoms with van der Waals surface area (Å²) >= 11 is 0. The summed E-state index contributed by atoms with van der Waals surface area (Å²) in [6.45, 7) is 1.99. The number of ether oxygens (including phenoxy) is 1. The molecule has 0 saturated carbocycles. The first-order valence-corrected chi connectivity index (χ1v) is 10.8. The number of nitrogens with zero attached hydrogens (tertiary/aromatic N) is 1. The molecule has 1 heterocycles. The molecule has 6 heteroatoms. The Bertz CT molecular complexity index is 1130. The molecule has 0 spiro atoms. The van der Waals surface area contributed by atoms with Crippen LogP contribution in [-0.2, 0) is 14.8 Å². The van der Waals surface area contributed by atoms with Gasteiger partial charge in [0.05, 0.1) is 4.90 Å². The third kappa shape index (κ3) is 3.89. The molecule has 1 atom stereocenters. The monoisotopic (exact) mass is 407 g/mol. The lowest BCUT2D eigenvalue weighted by Gasteiger charge is -2.18. The zero-order valence-electron chi connectivity index (χ0n) is 16.0. The third-order valence-electron chi connectivity index (χ3n) is 5.02. The molecule has 29 heavy (non-hydrogen) atoms. The number of hydrogen-bond donors (Lipinski definition) is 0. The van der Waals surface area contributed by atoms with Crippen LogP contribution in [0.2, 0.25) is 0 Å². The van der Waals surface area contributed by atoms with E-state index in [1.54, 1.807) is 12.1 Å². The normalized spacial score (nSPS) is 16.8. The first-order valence-electron chi connectivity index (χ1n) is 9.39. The van der Waals surface area contributed by atoms with Gasteiger partial charge in [0.1, 0.15) is 11.5 Å². The maximum atomic E-state index is 13.0. The Morgan fingerprint density at radius 2 is 1.55 bits per heavy atom. The van der Waals surface area contributed by atoms with Crippen LogP contribution in [0.3, 0.4) is 0 Å². The summed E-state index contributed by atoms with van der Waals surface area (Å²) in [6.07, 6.45) is 0.125. The minimum absolute atomic E-state index is 0.101. The van der Waals surface area contributed by atoms with E-state index in [9.17, 15) is 13.2 Å². The highest BCUT2D eigenvalue weighted by atomic mass is 32.2. The van der Waals surface area contributed by atoms with Gasteiger partial charge in [-0.15, -0.1) is 0 Å². The smallest absolute Gasteiger partial charge is 0.266 e. The van der Waals surface area contributed by atoms with E-state index in [4.69, 9.17) is 4.74 Å². The van der Waals surface area contributed by atoms with Crippen molar-refractivity contribution in [3.63, 3.8) is 0 Å². The number of carbonyl (C=O) groups is 1. The first-order chi connectivity index (χ1) is 13.9. The molecule has 1 saturated heterocycles. The maximum absolute atomic E-state index is 13.0. The largest absolute Gasteiger partial charge is 0.457 e. The Hall–Kier alpha value is -3.12. The molecule has 1 aliphatic heterocycles. The second-order valence-corrected chi connectivity index (χ2v) is 8.96. The van der Waals surface area contributed by atoms with Gasteiger partial charge in [-0.1, -0.05) is 54.1 Å². The lowest BCUT2D eigenvalue weighted by atomic mass is 9.97. The molecule has 3 aromatic rings. The van der Waals surface area contributed by atoms with Crippen LogP contribution < -0.4 is 4.74 Å². The van der Waals surface area contributed by atoms with Crippen molar-refractivity contribution in [1.29, 1.82) is 0 Å². The second-order valence-electron chi connectivity index (χ2n) is 7.10. The molecule has 1 aliphatic rings. The predicted octanol–water partition coefficient (Wildman–Crippen LogP) is 4.49. The summed E-state index contributed by atoms with van der Waals surface area (Å²) in [4.78, 5) is 12.8. The number of benzene rings is 3. The number of para-hydroxylation sites is 2. The van der Waals surface area contributed by atoms with Crippen molar-refractivity contribution in [3.8, 4) is 11.5 Å². The summed E-state index contributed by atoms with van der Waals surface area (Å²) < 4.78 is 32.9. The van der Waals surface area contributed by atoms with Crippen LogP contribution in [0, 0.1) is 6.92 Å². The van der Waals surface area contributed by atoms with E-state index in [1.165, 1.54) is 12.1 Å². The van der Waals surface area contributed by atoms with Crippen LogP contribution in [0.1, 0.15) is 23.5 Å². The van der Waals surface area contributed by atoms with Crippen molar-refractivity contribution in [3.05, 3.63) is 90.0 Å². The molecular weight excluding hydrogens is 386 g/mol. The molecule has 0 aromatic heterocycles. The highest BCUT2D eigenvalue weighted by molar-refractivity contribution is 7.89. The number of amides is 1. The number of aryl methyl sites for hydroxylation is 1. The van der Waals surface area contributed by atoms with Gasteiger partial charge in [0.15, 0.2) is 0 Å². The molecule has 4 rings (SSSR count). The molecule has 0 bridgehead atoms. The van der Waals surface area contributed by atoms with Gasteiger partial charge in [0.25, 0.3) is 10.0 Å². The van der Waals surface area contributed by atoms with Crippen LogP contribution in [0.4, 0.5) is 0 Å². The van der Waals surface area contributed by atoms with E-state index in [0.29, 0.717) is 11.5 Å². The topological polar surface area (TPSA) is 63.7 Å². The average Bonchev–Trinajstić information content (AvgIpc) is 3.12. The number of sulfonamides is 1. The Morgan fingerprint density at radius 1 is 0.897 bits per heavy atom. The van der Waals surface area contributed by atoms with Crippen molar-refractivity contribution in [2.45, 2.75) is 24.2 Å². The van der Waals surface area contributed by atoms with Crippen LogP contribution in [0.25, 0.3) is 0 Å². The van der Waals surface area contributed by atoms with Gasteiger partial charge >= 0.3 is 0 Å². The van der Waals surface area contributed by atoms with Gasteiger partial charge in [0, 0.05) is 24.4 Å².